The number of rotatable bonds is 12. The van der Waals surface area contributed by atoms with Crippen LogP contribution < -0.4 is 27.4 Å². The Labute approximate surface area is 170 Å². The highest BCUT2D eigenvalue weighted by Gasteiger charge is 2.25. The Balaban J connectivity index is 2.52. The van der Waals surface area contributed by atoms with E-state index in [1.807, 2.05) is 0 Å². The number of nitrogens with two attached hydrogens (primary N) is 2. The lowest BCUT2D eigenvalue weighted by Crippen LogP contribution is -2.54. The summed E-state index contributed by atoms with van der Waals surface area (Å²) in [4.78, 5) is 64.5. The number of primary amides is 1. The SMILES string of the molecule is NC(=O)CC(N)C(=O)NC(CS)C(=O)NCC(=O)NC(Cc1cnc[nH]1)C(=O)O. The van der Waals surface area contributed by atoms with Crippen LogP contribution in [0, 0.1) is 0 Å². The molecule has 14 heteroatoms. The Kier molecular flexibility index (Phi) is 9.61. The Hall–Kier alpha value is -3.13. The Morgan fingerprint density at radius 1 is 1.17 bits per heavy atom. The highest BCUT2D eigenvalue weighted by atomic mass is 32.1. The van der Waals surface area contributed by atoms with Crippen LogP contribution in [-0.2, 0) is 30.4 Å². The van der Waals surface area contributed by atoms with Crippen molar-refractivity contribution in [1.82, 2.24) is 25.9 Å². The Bertz CT molecular complexity index is 742. The molecule has 0 fully saturated rings. The summed E-state index contributed by atoms with van der Waals surface area (Å²) in [5.41, 5.74) is 10.9. The van der Waals surface area contributed by atoms with E-state index in [2.05, 4.69) is 38.5 Å². The quantitative estimate of drug-likeness (QED) is 0.154. The van der Waals surface area contributed by atoms with E-state index in [0.717, 1.165) is 0 Å². The van der Waals surface area contributed by atoms with Gasteiger partial charge in [0.15, 0.2) is 0 Å². The van der Waals surface area contributed by atoms with E-state index in [0.29, 0.717) is 5.69 Å². The van der Waals surface area contributed by atoms with Gasteiger partial charge < -0.3 is 37.5 Å². The van der Waals surface area contributed by atoms with Crippen molar-refractivity contribution in [2.45, 2.75) is 31.0 Å². The number of hydrogen-bond donors (Lipinski definition) is 8. The number of carbonyl (C=O) groups excluding carboxylic acids is 4. The summed E-state index contributed by atoms with van der Waals surface area (Å²) >= 11 is 3.95. The molecular weight excluding hydrogens is 406 g/mol. The number of carbonyl (C=O) groups is 5. The number of aromatic nitrogens is 2. The van der Waals surface area contributed by atoms with Crippen molar-refractivity contribution in [3.05, 3.63) is 18.2 Å². The van der Waals surface area contributed by atoms with Gasteiger partial charge in [0, 0.05) is 24.1 Å². The largest absolute Gasteiger partial charge is 0.480 e. The first-order valence-electron chi connectivity index (χ1n) is 8.36. The summed E-state index contributed by atoms with van der Waals surface area (Å²) in [5.74, 6) is -4.43. The van der Waals surface area contributed by atoms with Gasteiger partial charge in [-0.3, -0.25) is 19.2 Å². The molecule has 1 heterocycles. The summed E-state index contributed by atoms with van der Waals surface area (Å²) in [6, 6.07) is -3.59. The first kappa shape index (κ1) is 23.9. The van der Waals surface area contributed by atoms with Crippen LogP contribution in [0.2, 0.25) is 0 Å². The first-order valence-corrected chi connectivity index (χ1v) is 8.99. The molecule has 0 saturated carbocycles. The summed E-state index contributed by atoms with van der Waals surface area (Å²) in [6.07, 6.45) is 2.37. The van der Waals surface area contributed by atoms with Gasteiger partial charge in [-0.15, -0.1) is 0 Å². The van der Waals surface area contributed by atoms with Crippen LogP contribution in [0.3, 0.4) is 0 Å². The smallest absolute Gasteiger partial charge is 0.326 e. The molecule has 0 saturated heterocycles. The molecule has 1 rings (SSSR count). The molecule has 29 heavy (non-hydrogen) atoms. The van der Waals surface area contributed by atoms with Crippen LogP contribution in [-0.4, -0.2) is 75.1 Å². The summed E-state index contributed by atoms with van der Waals surface area (Å²) in [5, 5.41) is 16.0. The second-order valence-electron chi connectivity index (χ2n) is 5.98. The summed E-state index contributed by atoms with van der Waals surface area (Å²) < 4.78 is 0. The minimum atomic E-state index is -1.26. The highest BCUT2D eigenvalue weighted by Crippen LogP contribution is 1.99. The number of carboxylic acid groups (broad SMARTS) is 1. The Morgan fingerprint density at radius 3 is 2.38 bits per heavy atom. The van der Waals surface area contributed by atoms with Crippen molar-refractivity contribution in [3.63, 3.8) is 0 Å². The molecule has 0 radical (unpaired) electrons. The lowest BCUT2D eigenvalue weighted by molar-refractivity contribution is -0.141. The average Bonchev–Trinajstić information content (AvgIpc) is 3.15. The van der Waals surface area contributed by atoms with Crippen molar-refractivity contribution in [3.8, 4) is 0 Å². The van der Waals surface area contributed by atoms with Crippen molar-refractivity contribution >= 4 is 42.2 Å². The van der Waals surface area contributed by atoms with E-state index in [-0.39, 0.29) is 12.2 Å². The second kappa shape index (κ2) is 11.7. The summed E-state index contributed by atoms with van der Waals surface area (Å²) in [7, 11) is 0. The predicted molar refractivity (Wildman–Crippen MR) is 102 cm³/mol. The van der Waals surface area contributed by atoms with Gasteiger partial charge in [-0.25, -0.2) is 9.78 Å². The fraction of sp³-hybridized carbons (Fsp3) is 0.467. The Morgan fingerprint density at radius 2 is 1.86 bits per heavy atom. The lowest BCUT2D eigenvalue weighted by atomic mass is 10.1. The lowest BCUT2D eigenvalue weighted by Gasteiger charge is -2.19. The van der Waals surface area contributed by atoms with Gasteiger partial charge in [-0.2, -0.15) is 12.6 Å². The van der Waals surface area contributed by atoms with Gasteiger partial charge in [-0.1, -0.05) is 0 Å². The molecule has 1 aromatic rings. The zero-order chi connectivity index (χ0) is 22.0. The standard InChI is InChI=1S/C15H23N7O6S/c16-8(2-11(17)23)13(25)22-10(5-29)14(26)19-4-12(24)21-9(15(27)28)1-7-3-18-6-20-7/h3,6,8-10,29H,1-2,4-5,16H2,(H2,17,23)(H,18,20)(H,19,26)(H,21,24)(H,22,25)(H,27,28). The molecule has 0 aromatic carbocycles. The maximum Gasteiger partial charge on any atom is 0.326 e. The fourth-order valence-corrected chi connectivity index (χ4v) is 2.39. The average molecular weight is 429 g/mol. The fourth-order valence-electron chi connectivity index (χ4n) is 2.13. The number of hydrogen-bond acceptors (Lipinski definition) is 8. The normalized spacial score (nSPS) is 13.6. The number of nitrogens with zero attached hydrogens (tertiary/aromatic N) is 1. The molecule has 0 bridgehead atoms. The van der Waals surface area contributed by atoms with Crippen LogP contribution in [0.5, 0.6) is 0 Å². The number of aliphatic carboxylic acids is 1. The molecule has 0 aliphatic carbocycles. The molecule has 13 nitrogen and oxygen atoms in total. The monoisotopic (exact) mass is 429 g/mol. The van der Waals surface area contributed by atoms with Crippen molar-refractivity contribution < 1.29 is 29.1 Å². The maximum atomic E-state index is 12.1. The van der Waals surface area contributed by atoms with E-state index in [4.69, 9.17) is 11.5 Å². The minimum absolute atomic E-state index is 0.0257. The molecule has 1 aromatic heterocycles. The van der Waals surface area contributed by atoms with E-state index in [1.165, 1.54) is 12.5 Å². The van der Waals surface area contributed by atoms with Crippen LogP contribution in [0.4, 0.5) is 0 Å². The van der Waals surface area contributed by atoms with Gasteiger partial charge in [0.1, 0.15) is 12.1 Å². The molecule has 0 spiro atoms. The number of imidazole rings is 1. The van der Waals surface area contributed by atoms with Crippen LogP contribution in [0.1, 0.15) is 12.1 Å². The highest BCUT2D eigenvalue weighted by molar-refractivity contribution is 7.80. The van der Waals surface area contributed by atoms with E-state index in [9.17, 15) is 29.1 Å². The van der Waals surface area contributed by atoms with Crippen molar-refractivity contribution in [2.24, 2.45) is 11.5 Å². The van der Waals surface area contributed by atoms with Gasteiger partial charge in [0.25, 0.3) is 0 Å². The number of thiol groups is 1. The molecule has 3 atom stereocenters. The van der Waals surface area contributed by atoms with Crippen LogP contribution in [0.25, 0.3) is 0 Å². The van der Waals surface area contributed by atoms with Gasteiger partial charge >= 0.3 is 5.97 Å². The van der Waals surface area contributed by atoms with Crippen molar-refractivity contribution in [1.29, 1.82) is 0 Å². The van der Waals surface area contributed by atoms with Gasteiger partial charge in [0.05, 0.1) is 25.3 Å². The van der Waals surface area contributed by atoms with E-state index >= 15 is 0 Å². The minimum Gasteiger partial charge on any atom is -0.480 e. The molecule has 0 aliphatic heterocycles. The molecule has 160 valence electrons. The third kappa shape index (κ3) is 8.61. The first-order chi connectivity index (χ1) is 13.6. The molecular formula is C15H23N7O6S. The molecule has 9 N–H and O–H groups in total. The number of nitrogens with one attached hydrogen (secondary N) is 4. The van der Waals surface area contributed by atoms with Crippen LogP contribution >= 0.6 is 12.6 Å². The van der Waals surface area contributed by atoms with E-state index in [1.54, 1.807) is 0 Å². The second-order valence-corrected chi connectivity index (χ2v) is 6.34. The van der Waals surface area contributed by atoms with E-state index < -0.39 is 60.7 Å². The molecule has 0 aliphatic rings. The molecule has 4 amide bonds. The zero-order valence-corrected chi connectivity index (χ0v) is 16.1. The molecule has 3 unspecified atom stereocenters. The topological polar surface area (TPSA) is 222 Å². The maximum absolute atomic E-state index is 12.1. The zero-order valence-electron chi connectivity index (χ0n) is 15.3. The number of aromatic amines is 1. The van der Waals surface area contributed by atoms with Gasteiger partial charge in [-0.05, 0) is 0 Å². The predicted octanol–water partition coefficient (Wildman–Crippen LogP) is -3.74. The van der Waals surface area contributed by atoms with Gasteiger partial charge in [0.2, 0.25) is 23.6 Å². The summed E-state index contributed by atoms with van der Waals surface area (Å²) in [6.45, 7) is -0.529. The number of H-pyrrole nitrogens is 1. The third-order valence-electron chi connectivity index (χ3n) is 3.61. The third-order valence-corrected chi connectivity index (χ3v) is 3.97. The number of amides is 4. The van der Waals surface area contributed by atoms with Crippen LogP contribution in [0.15, 0.2) is 12.5 Å². The van der Waals surface area contributed by atoms with Crippen molar-refractivity contribution in [2.75, 3.05) is 12.3 Å². The number of carboxylic acids is 1.